The van der Waals surface area contributed by atoms with Crippen LogP contribution in [0.15, 0.2) is 12.1 Å². The molecule has 3 aliphatic heterocycles. The monoisotopic (exact) mass is 410 g/mol. The van der Waals surface area contributed by atoms with Gasteiger partial charge in [-0.15, -0.1) is 0 Å². The summed E-state index contributed by atoms with van der Waals surface area (Å²) in [5, 5.41) is 29.7. The van der Waals surface area contributed by atoms with Crippen molar-refractivity contribution in [3.63, 3.8) is 0 Å². The van der Waals surface area contributed by atoms with E-state index in [-0.39, 0.29) is 5.69 Å². The average Bonchev–Trinajstić information content (AvgIpc) is 3.10. The Morgan fingerprint density at radius 2 is 1.59 bits per heavy atom. The number of alkyl halides is 3. The summed E-state index contributed by atoms with van der Waals surface area (Å²) >= 11 is 0. The first-order valence-electron chi connectivity index (χ1n) is 8.85. The van der Waals surface area contributed by atoms with E-state index in [2.05, 4.69) is 0 Å². The lowest BCUT2D eigenvalue weighted by atomic mass is 9.66. The summed E-state index contributed by atoms with van der Waals surface area (Å²) in [6.45, 7) is 3.89. The molecule has 7 nitrogen and oxygen atoms in total. The Labute approximate surface area is 163 Å². The Balaban J connectivity index is 1.87. The third-order valence-corrected chi connectivity index (χ3v) is 6.54. The van der Waals surface area contributed by atoms with Gasteiger partial charge in [0.15, 0.2) is 0 Å². The maximum atomic E-state index is 13.5. The number of nitrogens with zero attached hydrogens (tertiary/aromatic N) is 2. The summed E-state index contributed by atoms with van der Waals surface area (Å²) in [4.78, 5) is 26.9. The van der Waals surface area contributed by atoms with Gasteiger partial charge in [-0.3, -0.25) is 9.59 Å². The number of anilines is 1. The number of aliphatic hydroxyl groups is 2. The predicted molar refractivity (Wildman–Crippen MR) is 90.3 cm³/mol. The van der Waals surface area contributed by atoms with Crippen molar-refractivity contribution < 1.29 is 37.7 Å². The molecule has 0 aliphatic carbocycles. The number of benzene rings is 1. The molecule has 154 valence electrons. The van der Waals surface area contributed by atoms with Crippen LogP contribution in [0.1, 0.15) is 30.5 Å². The molecule has 29 heavy (non-hydrogen) atoms. The zero-order valence-corrected chi connectivity index (χ0v) is 15.6. The molecule has 1 aromatic rings. The molecule has 3 aliphatic rings. The van der Waals surface area contributed by atoms with Gasteiger partial charge in [0.25, 0.3) is 0 Å². The van der Waals surface area contributed by atoms with Crippen LogP contribution in [0.5, 0.6) is 0 Å². The molecular weight excluding hydrogens is 393 g/mol. The second-order valence-corrected chi connectivity index (χ2v) is 8.07. The Kier molecular flexibility index (Phi) is 3.80. The van der Waals surface area contributed by atoms with Crippen molar-refractivity contribution in [3.05, 3.63) is 28.8 Å². The van der Waals surface area contributed by atoms with Gasteiger partial charge >= 0.3 is 6.18 Å². The Morgan fingerprint density at radius 1 is 1.10 bits per heavy atom. The van der Waals surface area contributed by atoms with E-state index >= 15 is 0 Å². The number of hydrogen-bond donors (Lipinski definition) is 2. The largest absolute Gasteiger partial charge is 0.418 e. The van der Waals surface area contributed by atoms with Gasteiger partial charge in [-0.1, -0.05) is 0 Å². The molecular formula is C19H17F3N2O5. The summed E-state index contributed by atoms with van der Waals surface area (Å²) in [5.74, 6) is -3.92. The van der Waals surface area contributed by atoms with Gasteiger partial charge in [-0.2, -0.15) is 18.4 Å². The maximum absolute atomic E-state index is 13.5. The van der Waals surface area contributed by atoms with E-state index in [0.717, 1.165) is 19.1 Å². The van der Waals surface area contributed by atoms with Gasteiger partial charge in [0.2, 0.25) is 11.8 Å². The minimum Gasteiger partial charge on any atom is -0.387 e. The fourth-order valence-electron chi connectivity index (χ4n) is 5.18. The molecule has 0 saturated carbocycles. The first-order chi connectivity index (χ1) is 13.3. The van der Waals surface area contributed by atoms with Gasteiger partial charge in [0, 0.05) is 0 Å². The van der Waals surface area contributed by atoms with Crippen molar-refractivity contribution in [2.75, 3.05) is 4.90 Å². The van der Waals surface area contributed by atoms with Gasteiger partial charge in [0.05, 0.1) is 34.7 Å². The van der Waals surface area contributed by atoms with Gasteiger partial charge in [-0.05, 0) is 38.5 Å². The van der Waals surface area contributed by atoms with Crippen LogP contribution in [-0.2, 0) is 20.5 Å². The van der Waals surface area contributed by atoms with Gasteiger partial charge in [-0.25, -0.2) is 4.90 Å². The van der Waals surface area contributed by atoms with Crippen molar-refractivity contribution in [1.29, 1.82) is 5.26 Å². The SMILES string of the molecule is Cc1c(N2C(=O)[C@@H]3[C@H](C2=O)C2(C)OC3(C)[C@@H](O)[C@@H]2O)ccc(C#N)c1C(F)(F)F. The van der Waals surface area contributed by atoms with Crippen LogP contribution < -0.4 is 4.90 Å². The van der Waals surface area contributed by atoms with E-state index in [9.17, 15) is 33.0 Å². The van der Waals surface area contributed by atoms with Crippen LogP contribution in [0.25, 0.3) is 0 Å². The highest BCUT2D eigenvalue weighted by Gasteiger charge is 2.79. The molecule has 0 radical (unpaired) electrons. The first-order valence-corrected chi connectivity index (χ1v) is 8.85. The highest BCUT2D eigenvalue weighted by Crippen LogP contribution is 2.61. The number of carbonyl (C=O) groups is 2. The second kappa shape index (κ2) is 5.56. The van der Waals surface area contributed by atoms with Crippen LogP contribution in [0.3, 0.4) is 0 Å². The molecule has 2 unspecified atom stereocenters. The molecule has 3 heterocycles. The topological polar surface area (TPSA) is 111 Å². The fourth-order valence-corrected chi connectivity index (χ4v) is 5.18. The van der Waals surface area contributed by atoms with Crippen molar-refractivity contribution in [2.24, 2.45) is 11.8 Å². The molecule has 0 spiro atoms. The van der Waals surface area contributed by atoms with E-state index in [1.165, 1.54) is 19.9 Å². The highest BCUT2D eigenvalue weighted by atomic mass is 19.4. The third-order valence-electron chi connectivity index (χ3n) is 6.54. The molecule has 1 aromatic carbocycles. The minimum absolute atomic E-state index is 0.281. The molecule has 2 amide bonds. The van der Waals surface area contributed by atoms with E-state index in [1.54, 1.807) is 0 Å². The standard InChI is InChI=1S/C19H17F3N2O5/c1-7-9(5-4-8(6-23)10(7)19(20,21)22)24-15(27)11-12(16(24)28)18(3)14(26)13(25)17(11,2)29-18/h4-5,11-14,25-26H,1-3H3/t11-,12+,13-,14-,17?,18?/m0/s1. The number of carbonyl (C=O) groups excluding carboxylic acids is 2. The minimum atomic E-state index is -4.86. The van der Waals surface area contributed by atoms with E-state index in [0.29, 0.717) is 4.90 Å². The lowest BCUT2D eigenvalue weighted by Gasteiger charge is -2.35. The fraction of sp³-hybridized carbons (Fsp3) is 0.526. The molecule has 4 rings (SSSR count). The van der Waals surface area contributed by atoms with Crippen molar-refractivity contribution in [1.82, 2.24) is 0 Å². The summed E-state index contributed by atoms with van der Waals surface area (Å²) in [5.41, 5.74) is -5.64. The van der Waals surface area contributed by atoms with Crippen LogP contribution >= 0.6 is 0 Å². The smallest absolute Gasteiger partial charge is 0.387 e. The Bertz CT molecular complexity index is 965. The second-order valence-electron chi connectivity index (χ2n) is 8.07. The quantitative estimate of drug-likeness (QED) is 0.675. The average molecular weight is 410 g/mol. The number of amides is 2. The van der Waals surface area contributed by atoms with Crippen LogP contribution in [0.4, 0.5) is 18.9 Å². The highest BCUT2D eigenvalue weighted by molar-refractivity contribution is 6.23. The first kappa shape index (κ1) is 19.8. The molecule has 2 N–H and O–H groups in total. The van der Waals surface area contributed by atoms with Crippen molar-refractivity contribution >= 4 is 17.5 Å². The number of hydrogen-bond acceptors (Lipinski definition) is 6. The number of fused-ring (bicyclic) bond motifs is 5. The normalized spacial score (nSPS) is 38.5. The number of ether oxygens (including phenoxy) is 1. The maximum Gasteiger partial charge on any atom is 0.418 e. The predicted octanol–water partition coefficient (Wildman–Crippen LogP) is 1.27. The molecule has 0 aromatic heterocycles. The van der Waals surface area contributed by atoms with E-state index < -0.39 is 69.9 Å². The molecule has 3 fully saturated rings. The summed E-state index contributed by atoms with van der Waals surface area (Å²) in [7, 11) is 0. The summed E-state index contributed by atoms with van der Waals surface area (Å²) < 4.78 is 46.3. The molecule has 6 atom stereocenters. The van der Waals surface area contributed by atoms with Gasteiger partial charge in [0.1, 0.15) is 23.4 Å². The lowest BCUT2D eigenvalue weighted by molar-refractivity contribution is -0.138. The zero-order valence-electron chi connectivity index (χ0n) is 15.6. The molecule has 2 bridgehead atoms. The zero-order chi connectivity index (χ0) is 21.7. The third kappa shape index (κ3) is 2.18. The summed E-state index contributed by atoms with van der Waals surface area (Å²) in [6.07, 6.45) is -7.73. The lowest BCUT2D eigenvalue weighted by Crippen LogP contribution is -2.57. The van der Waals surface area contributed by atoms with Crippen molar-refractivity contribution in [3.8, 4) is 6.07 Å². The molecule has 10 heteroatoms. The number of imide groups is 1. The van der Waals surface area contributed by atoms with E-state index in [1.807, 2.05) is 0 Å². The van der Waals surface area contributed by atoms with Crippen molar-refractivity contribution in [2.45, 2.75) is 50.4 Å². The molecule has 3 saturated heterocycles. The summed E-state index contributed by atoms with van der Waals surface area (Å²) in [6, 6.07) is 3.52. The van der Waals surface area contributed by atoms with E-state index in [4.69, 9.17) is 10.00 Å². The van der Waals surface area contributed by atoms with Gasteiger partial charge < -0.3 is 14.9 Å². The Hall–Kier alpha value is -2.48. The van der Waals surface area contributed by atoms with Crippen LogP contribution in [-0.4, -0.2) is 45.4 Å². The number of rotatable bonds is 1. The number of nitriles is 1. The number of halogens is 3. The van der Waals surface area contributed by atoms with Crippen LogP contribution in [0, 0.1) is 30.1 Å². The number of aliphatic hydroxyl groups excluding tert-OH is 2. The van der Waals surface area contributed by atoms with Crippen LogP contribution in [0.2, 0.25) is 0 Å². The Morgan fingerprint density at radius 3 is 2.00 bits per heavy atom.